The first-order valence-electron chi connectivity index (χ1n) is 10.9. The summed E-state index contributed by atoms with van der Waals surface area (Å²) >= 11 is 0. The molecule has 4 rings (SSSR count). The zero-order valence-electron chi connectivity index (χ0n) is 17.9. The summed E-state index contributed by atoms with van der Waals surface area (Å²) in [5.41, 5.74) is 1.77. The smallest absolute Gasteiger partial charge is 0.321 e. The van der Waals surface area contributed by atoms with Gasteiger partial charge in [-0.3, -0.25) is 14.9 Å². The summed E-state index contributed by atoms with van der Waals surface area (Å²) in [4.78, 5) is 41.7. The molecule has 2 aromatic rings. The normalized spacial score (nSPS) is 17.2. The number of piperidine rings is 1. The number of nitro benzene ring substituents is 1. The summed E-state index contributed by atoms with van der Waals surface area (Å²) in [7, 11) is 0. The van der Waals surface area contributed by atoms with Crippen LogP contribution in [-0.4, -0.2) is 65.9 Å². The first-order valence-corrected chi connectivity index (χ1v) is 10.9. The zero-order valence-corrected chi connectivity index (χ0v) is 17.9. The number of carbonyl (C=O) groups is 2. The van der Waals surface area contributed by atoms with Crippen LogP contribution in [0, 0.1) is 16.0 Å². The number of nitro groups is 1. The van der Waals surface area contributed by atoms with Crippen LogP contribution in [0.15, 0.2) is 54.6 Å². The lowest BCUT2D eigenvalue weighted by Crippen LogP contribution is -2.52. The molecule has 0 aliphatic carbocycles. The maximum Gasteiger partial charge on any atom is 0.321 e. The lowest BCUT2D eigenvalue weighted by Gasteiger charge is -2.39. The quantitative estimate of drug-likeness (QED) is 0.585. The van der Waals surface area contributed by atoms with Gasteiger partial charge in [0.25, 0.3) is 5.69 Å². The molecule has 0 bridgehead atoms. The van der Waals surface area contributed by atoms with Crippen molar-refractivity contribution in [3.05, 3.63) is 64.7 Å². The minimum absolute atomic E-state index is 0.0540. The molecule has 0 spiro atoms. The van der Waals surface area contributed by atoms with Crippen molar-refractivity contribution in [3.8, 4) is 0 Å². The Morgan fingerprint density at radius 3 is 2.06 bits per heavy atom. The number of hydrogen-bond acceptors (Lipinski definition) is 5. The van der Waals surface area contributed by atoms with Crippen molar-refractivity contribution in [2.24, 2.45) is 5.92 Å². The van der Waals surface area contributed by atoms with Crippen LogP contribution in [-0.2, 0) is 4.79 Å². The Balaban J connectivity index is 1.23. The molecule has 2 aliphatic heterocycles. The highest BCUT2D eigenvalue weighted by atomic mass is 16.6. The van der Waals surface area contributed by atoms with Crippen LogP contribution in [0.2, 0.25) is 0 Å². The Bertz CT molecular complexity index is 950. The van der Waals surface area contributed by atoms with Crippen LogP contribution < -0.4 is 10.2 Å². The molecular weight excluding hydrogens is 410 g/mol. The van der Waals surface area contributed by atoms with Crippen molar-refractivity contribution >= 4 is 29.0 Å². The Hall–Kier alpha value is -3.62. The number of carbonyl (C=O) groups excluding carboxylic acids is 2. The van der Waals surface area contributed by atoms with Gasteiger partial charge in [-0.15, -0.1) is 0 Å². The predicted octanol–water partition coefficient (Wildman–Crippen LogP) is 3.19. The second-order valence-corrected chi connectivity index (χ2v) is 8.14. The molecule has 2 fully saturated rings. The molecule has 9 nitrogen and oxygen atoms in total. The fourth-order valence-corrected chi connectivity index (χ4v) is 4.28. The van der Waals surface area contributed by atoms with Gasteiger partial charge in [0, 0.05) is 68.7 Å². The van der Waals surface area contributed by atoms with Gasteiger partial charge >= 0.3 is 6.03 Å². The molecule has 0 aromatic heterocycles. The highest BCUT2D eigenvalue weighted by Crippen LogP contribution is 2.24. The lowest BCUT2D eigenvalue weighted by molar-refractivity contribution is -0.384. The van der Waals surface area contributed by atoms with Crippen LogP contribution in [0.3, 0.4) is 0 Å². The number of likely N-dealkylation sites (tertiary alicyclic amines) is 1. The van der Waals surface area contributed by atoms with Crippen LogP contribution in [0.1, 0.15) is 12.8 Å². The van der Waals surface area contributed by atoms with Gasteiger partial charge < -0.3 is 20.0 Å². The Kier molecular flexibility index (Phi) is 6.53. The molecule has 0 atom stereocenters. The van der Waals surface area contributed by atoms with Gasteiger partial charge in [0.15, 0.2) is 0 Å². The Labute approximate surface area is 186 Å². The Morgan fingerprint density at radius 1 is 0.844 bits per heavy atom. The van der Waals surface area contributed by atoms with Crippen molar-refractivity contribution < 1.29 is 14.5 Å². The third-order valence-electron chi connectivity index (χ3n) is 6.17. The van der Waals surface area contributed by atoms with Gasteiger partial charge in [-0.1, -0.05) is 18.2 Å². The van der Waals surface area contributed by atoms with Gasteiger partial charge in [0.1, 0.15) is 0 Å². The first-order chi connectivity index (χ1) is 15.5. The first kappa shape index (κ1) is 21.6. The number of benzene rings is 2. The van der Waals surface area contributed by atoms with Crippen molar-refractivity contribution in [2.75, 3.05) is 49.5 Å². The molecule has 168 valence electrons. The zero-order chi connectivity index (χ0) is 22.5. The molecule has 0 saturated carbocycles. The number of urea groups is 1. The molecule has 2 heterocycles. The highest BCUT2D eigenvalue weighted by Gasteiger charge is 2.31. The van der Waals surface area contributed by atoms with E-state index in [0.29, 0.717) is 52.1 Å². The maximum atomic E-state index is 13.0. The van der Waals surface area contributed by atoms with Crippen LogP contribution in [0.25, 0.3) is 0 Å². The number of piperazine rings is 1. The van der Waals surface area contributed by atoms with Crippen molar-refractivity contribution in [3.63, 3.8) is 0 Å². The van der Waals surface area contributed by atoms with E-state index < -0.39 is 4.92 Å². The third kappa shape index (κ3) is 4.99. The topological polar surface area (TPSA) is 99.0 Å². The average molecular weight is 438 g/mol. The summed E-state index contributed by atoms with van der Waals surface area (Å²) < 4.78 is 0. The van der Waals surface area contributed by atoms with Crippen molar-refractivity contribution in [1.82, 2.24) is 9.80 Å². The van der Waals surface area contributed by atoms with E-state index in [9.17, 15) is 19.7 Å². The minimum atomic E-state index is -0.406. The number of anilines is 2. The molecule has 1 N–H and O–H groups in total. The Morgan fingerprint density at radius 2 is 1.47 bits per heavy atom. The van der Waals surface area contributed by atoms with Crippen molar-refractivity contribution in [1.29, 1.82) is 0 Å². The summed E-state index contributed by atoms with van der Waals surface area (Å²) in [6.07, 6.45) is 1.34. The van der Waals surface area contributed by atoms with E-state index in [1.807, 2.05) is 35.2 Å². The highest BCUT2D eigenvalue weighted by molar-refractivity contribution is 5.89. The number of para-hydroxylation sites is 1. The van der Waals surface area contributed by atoms with E-state index in [-0.39, 0.29) is 23.5 Å². The molecule has 3 amide bonds. The lowest BCUT2D eigenvalue weighted by atomic mass is 9.95. The molecule has 0 unspecified atom stereocenters. The maximum absolute atomic E-state index is 13.0. The van der Waals surface area contributed by atoms with Gasteiger partial charge in [-0.2, -0.15) is 0 Å². The fourth-order valence-electron chi connectivity index (χ4n) is 4.28. The number of rotatable bonds is 4. The van der Waals surface area contributed by atoms with Crippen LogP contribution in [0.5, 0.6) is 0 Å². The molecule has 0 radical (unpaired) electrons. The van der Waals surface area contributed by atoms with Crippen LogP contribution >= 0.6 is 0 Å². The second kappa shape index (κ2) is 9.67. The fraction of sp³-hybridized carbons (Fsp3) is 0.391. The number of non-ortho nitro benzene ring substituents is 1. The predicted molar refractivity (Wildman–Crippen MR) is 122 cm³/mol. The molecular formula is C23H27N5O4. The molecule has 2 saturated heterocycles. The van der Waals surface area contributed by atoms with E-state index in [4.69, 9.17) is 0 Å². The van der Waals surface area contributed by atoms with E-state index in [0.717, 1.165) is 11.4 Å². The molecule has 32 heavy (non-hydrogen) atoms. The molecule has 2 aliphatic rings. The molecule has 2 aromatic carbocycles. The van der Waals surface area contributed by atoms with Gasteiger partial charge in [-0.25, -0.2) is 4.79 Å². The van der Waals surface area contributed by atoms with Crippen LogP contribution in [0.4, 0.5) is 21.9 Å². The third-order valence-corrected chi connectivity index (χ3v) is 6.17. The number of hydrogen-bond donors (Lipinski definition) is 1. The minimum Gasteiger partial charge on any atom is -0.368 e. The monoisotopic (exact) mass is 437 g/mol. The second-order valence-electron chi connectivity index (χ2n) is 8.14. The van der Waals surface area contributed by atoms with Crippen molar-refractivity contribution in [2.45, 2.75) is 12.8 Å². The number of nitrogens with one attached hydrogen (secondary N) is 1. The summed E-state index contributed by atoms with van der Waals surface area (Å²) in [6.45, 7) is 3.79. The average Bonchev–Trinajstić information content (AvgIpc) is 2.84. The van der Waals surface area contributed by atoms with Gasteiger partial charge in [0.05, 0.1) is 4.92 Å². The summed E-state index contributed by atoms with van der Waals surface area (Å²) in [6, 6.07) is 15.8. The number of amides is 3. The van der Waals surface area contributed by atoms with Gasteiger partial charge in [0.2, 0.25) is 5.91 Å². The standard InChI is InChI=1S/C23H27N5O4/c29-22(18-10-12-27(13-11-18)23(30)24-19-4-2-1-3-5-19)26-16-14-25(15-17-26)20-6-8-21(9-7-20)28(31)32/h1-9,18H,10-17H2,(H,24,30). The summed E-state index contributed by atoms with van der Waals surface area (Å²) in [5.74, 6) is 0.109. The van der Waals surface area contributed by atoms with Gasteiger partial charge in [-0.05, 0) is 37.1 Å². The van der Waals surface area contributed by atoms with E-state index >= 15 is 0 Å². The number of nitrogens with zero attached hydrogens (tertiary/aromatic N) is 4. The largest absolute Gasteiger partial charge is 0.368 e. The summed E-state index contributed by atoms with van der Waals surface area (Å²) in [5, 5.41) is 13.7. The molecule has 9 heteroatoms. The van der Waals surface area contributed by atoms with E-state index in [2.05, 4.69) is 10.2 Å². The van der Waals surface area contributed by atoms with E-state index in [1.165, 1.54) is 12.1 Å². The SMILES string of the molecule is O=C(Nc1ccccc1)N1CCC(C(=O)N2CCN(c3ccc([N+](=O)[O-])cc3)CC2)CC1. The van der Waals surface area contributed by atoms with E-state index in [1.54, 1.807) is 17.0 Å².